The highest BCUT2D eigenvalue weighted by Crippen LogP contribution is 2.15. The number of hydrogen-bond donors (Lipinski definition) is 1. The number of carbonyl (C=O) groups is 1. The van der Waals surface area contributed by atoms with Crippen LogP contribution in [0.2, 0.25) is 0 Å². The smallest absolute Gasteiger partial charge is 0.374 e. The van der Waals surface area contributed by atoms with Crippen molar-refractivity contribution in [3.05, 3.63) is 51.1 Å². The number of thiazole rings is 1. The van der Waals surface area contributed by atoms with E-state index >= 15 is 0 Å². The molecule has 3 rings (SSSR count). The van der Waals surface area contributed by atoms with E-state index in [-0.39, 0.29) is 23.6 Å². The monoisotopic (exact) mass is 369 g/mol. The Morgan fingerprint density at radius 2 is 2.21 bits per heavy atom. The lowest BCUT2D eigenvalue weighted by atomic mass is 10.4. The summed E-state index contributed by atoms with van der Waals surface area (Å²) in [5, 5.41) is 6.14. The van der Waals surface area contributed by atoms with Crippen LogP contribution in [0.4, 0.5) is 0 Å². The molecule has 0 atom stereocenters. The predicted octanol–water partition coefficient (Wildman–Crippen LogP) is 0.662. The van der Waals surface area contributed by atoms with E-state index in [4.69, 9.17) is 14.3 Å². The Labute approximate surface area is 139 Å². The van der Waals surface area contributed by atoms with Gasteiger partial charge >= 0.3 is 5.97 Å². The van der Waals surface area contributed by atoms with Crippen molar-refractivity contribution in [2.45, 2.75) is 18.6 Å². The number of sulfonamides is 1. The minimum atomic E-state index is -4.04. The van der Waals surface area contributed by atoms with Crippen molar-refractivity contribution in [3.63, 3.8) is 0 Å². The summed E-state index contributed by atoms with van der Waals surface area (Å²) in [5.41, 5.74) is 0.759. The first-order valence-corrected chi connectivity index (χ1v) is 8.95. The minimum Gasteiger partial charge on any atom is -0.453 e. The van der Waals surface area contributed by atoms with Crippen LogP contribution in [-0.2, 0) is 21.4 Å². The maximum Gasteiger partial charge on any atom is 0.374 e. The molecule has 3 aromatic heterocycles. The van der Waals surface area contributed by atoms with Gasteiger partial charge in [0, 0.05) is 17.1 Å². The Hall–Kier alpha value is -2.50. The van der Waals surface area contributed by atoms with Crippen LogP contribution in [-0.4, -0.2) is 23.8 Å². The average molecular weight is 369 g/mol. The molecule has 0 aromatic carbocycles. The summed E-state index contributed by atoms with van der Waals surface area (Å²) in [6.07, 6.45) is 0. The first-order chi connectivity index (χ1) is 11.3. The molecule has 0 saturated carbocycles. The number of primary sulfonamides is 1. The molecule has 0 saturated heterocycles. The number of esters is 1. The van der Waals surface area contributed by atoms with Gasteiger partial charge in [-0.2, -0.15) is 0 Å². The molecule has 0 aliphatic rings. The molecule has 24 heavy (non-hydrogen) atoms. The van der Waals surface area contributed by atoms with Gasteiger partial charge in [-0.1, -0.05) is 0 Å². The minimum absolute atomic E-state index is 0.257. The second-order valence-electron chi connectivity index (χ2n) is 4.82. The van der Waals surface area contributed by atoms with Crippen LogP contribution in [0.5, 0.6) is 0 Å². The summed E-state index contributed by atoms with van der Waals surface area (Å²) in [7, 11) is -4.04. The van der Waals surface area contributed by atoms with Gasteiger partial charge in [0.1, 0.15) is 6.61 Å². The first kappa shape index (κ1) is 16.4. The zero-order chi connectivity index (χ0) is 17.5. The normalized spacial score (nSPS) is 11.8. The third-order valence-corrected chi connectivity index (χ3v) is 4.77. The summed E-state index contributed by atoms with van der Waals surface area (Å²) >= 11 is 1.29. The fraction of sp³-hybridized carbons (Fsp3) is 0.154. The van der Waals surface area contributed by atoms with Crippen molar-refractivity contribution >= 4 is 32.3 Å². The topological polar surface area (TPSA) is 134 Å². The van der Waals surface area contributed by atoms with Crippen LogP contribution in [0.1, 0.15) is 21.9 Å². The van der Waals surface area contributed by atoms with Crippen LogP contribution in [0.25, 0.3) is 4.96 Å². The summed E-state index contributed by atoms with van der Waals surface area (Å²) in [5.74, 6) is -1.21. The van der Waals surface area contributed by atoms with Crippen LogP contribution in [0, 0.1) is 6.92 Å². The standard InChI is InChI=1S/C13H11N3O6S2/c1-7-6-23-13-15-8(4-10(17)16(7)13)5-21-12(18)9-2-3-11(22-9)24(14,19)20/h2-4,6H,5H2,1H3,(H2,14,19,20). The Balaban J connectivity index is 1.77. The third kappa shape index (κ3) is 3.09. The van der Waals surface area contributed by atoms with Crippen molar-refractivity contribution in [2.24, 2.45) is 5.14 Å². The van der Waals surface area contributed by atoms with Gasteiger partial charge in [0.2, 0.25) is 10.9 Å². The second kappa shape index (κ2) is 5.85. The number of aryl methyl sites for hydroxylation is 1. The van der Waals surface area contributed by atoms with Gasteiger partial charge in [-0.25, -0.2) is 23.3 Å². The van der Waals surface area contributed by atoms with E-state index in [9.17, 15) is 18.0 Å². The van der Waals surface area contributed by atoms with E-state index < -0.39 is 21.1 Å². The number of furan rings is 1. The molecule has 9 nitrogen and oxygen atoms in total. The quantitative estimate of drug-likeness (QED) is 0.668. The summed E-state index contributed by atoms with van der Waals surface area (Å²) in [6, 6.07) is 3.45. The number of hydrogen-bond acceptors (Lipinski definition) is 8. The van der Waals surface area contributed by atoms with Gasteiger partial charge in [-0.3, -0.25) is 9.20 Å². The molecule has 0 fully saturated rings. The van der Waals surface area contributed by atoms with Gasteiger partial charge in [0.05, 0.1) is 5.69 Å². The SMILES string of the molecule is Cc1csc2nc(COC(=O)c3ccc(S(N)(=O)=O)o3)cc(=O)n12. The van der Waals surface area contributed by atoms with Crippen LogP contribution in [0.15, 0.2) is 37.9 Å². The van der Waals surface area contributed by atoms with Gasteiger partial charge in [0.25, 0.3) is 15.6 Å². The van der Waals surface area contributed by atoms with E-state index in [1.807, 2.05) is 0 Å². The number of rotatable bonds is 4. The molecule has 0 aliphatic heterocycles. The molecule has 0 radical (unpaired) electrons. The van der Waals surface area contributed by atoms with Crippen molar-refractivity contribution < 1.29 is 22.4 Å². The van der Waals surface area contributed by atoms with Crippen LogP contribution in [0.3, 0.4) is 0 Å². The van der Waals surface area contributed by atoms with Gasteiger partial charge in [-0.05, 0) is 19.1 Å². The molecule has 3 heterocycles. The summed E-state index contributed by atoms with van der Waals surface area (Å²) in [4.78, 5) is 28.6. The number of carbonyl (C=O) groups excluding carboxylic acids is 1. The zero-order valence-corrected chi connectivity index (χ0v) is 13.9. The molecule has 0 amide bonds. The Bertz CT molecular complexity index is 1090. The predicted molar refractivity (Wildman–Crippen MR) is 83.3 cm³/mol. The molecule has 11 heteroatoms. The number of ether oxygens (including phenoxy) is 1. The van der Waals surface area contributed by atoms with Gasteiger partial charge in [-0.15, -0.1) is 11.3 Å². The molecule has 0 unspecified atom stereocenters. The molecule has 126 valence electrons. The molecule has 3 aromatic rings. The van der Waals surface area contributed by atoms with Crippen molar-refractivity contribution in [1.82, 2.24) is 9.38 Å². The Morgan fingerprint density at radius 3 is 2.88 bits per heavy atom. The van der Waals surface area contributed by atoms with E-state index in [1.165, 1.54) is 21.8 Å². The molecule has 0 bridgehead atoms. The van der Waals surface area contributed by atoms with Crippen molar-refractivity contribution in [3.8, 4) is 0 Å². The van der Waals surface area contributed by atoms with Crippen molar-refractivity contribution in [1.29, 1.82) is 0 Å². The highest BCUT2D eigenvalue weighted by molar-refractivity contribution is 7.89. The van der Waals surface area contributed by atoms with E-state index in [1.54, 1.807) is 12.3 Å². The molecule has 0 aliphatic carbocycles. The number of nitrogens with zero attached hydrogens (tertiary/aromatic N) is 2. The second-order valence-corrected chi connectivity index (χ2v) is 7.15. The maximum absolute atomic E-state index is 12.0. The molecular formula is C13H11N3O6S2. The van der Waals surface area contributed by atoms with E-state index in [0.29, 0.717) is 4.96 Å². The zero-order valence-electron chi connectivity index (χ0n) is 12.3. The average Bonchev–Trinajstić information content (AvgIpc) is 3.12. The van der Waals surface area contributed by atoms with Crippen LogP contribution < -0.4 is 10.7 Å². The number of nitrogens with two attached hydrogens (primary N) is 1. The molecule has 0 spiro atoms. The molecule has 2 N–H and O–H groups in total. The fourth-order valence-electron chi connectivity index (χ4n) is 1.97. The number of aromatic nitrogens is 2. The van der Waals surface area contributed by atoms with Gasteiger partial charge < -0.3 is 9.15 Å². The largest absolute Gasteiger partial charge is 0.453 e. The number of fused-ring (bicyclic) bond motifs is 1. The Kier molecular flexibility index (Phi) is 3.99. The maximum atomic E-state index is 12.0. The molecular weight excluding hydrogens is 358 g/mol. The highest BCUT2D eigenvalue weighted by atomic mass is 32.2. The lowest BCUT2D eigenvalue weighted by Gasteiger charge is -2.03. The Morgan fingerprint density at radius 1 is 1.46 bits per heavy atom. The van der Waals surface area contributed by atoms with Gasteiger partial charge in [0.15, 0.2) is 4.96 Å². The summed E-state index contributed by atoms with van der Waals surface area (Å²) in [6.45, 7) is 1.53. The fourth-order valence-corrected chi connectivity index (χ4v) is 3.32. The lowest BCUT2D eigenvalue weighted by molar-refractivity contribution is 0.0425. The van der Waals surface area contributed by atoms with Crippen molar-refractivity contribution in [2.75, 3.05) is 0 Å². The summed E-state index contributed by atoms with van der Waals surface area (Å²) < 4.78 is 33.4. The van der Waals surface area contributed by atoms with E-state index in [0.717, 1.165) is 17.8 Å². The van der Waals surface area contributed by atoms with E-state index in [2.05, 4.69) is 4.98 Å². The third-order valence-electron chi connectivity index (χ3n) is 3.04. The highest BCUT2D eigenvalue weighted by Gasteiger charge is 2.19. The first-order valence-electron chi connectivity index (χ1n) is 6.52. The van der Waals surface area contributed by atoms with Crippen LogP contribution >= 0.6 is 11.3 Å². The lowest BCUT2D eigenvalue weighted by Crippen LogP contribution is -2.16.